The Bertz CT molecular complexity index is 451. The lowest BCUT2D eigenvalue weighted by molar-refractivity contribution is -0.137. The third-order valence-electron chi connectivity index (χ3n) is 3.75. The van der Waals surface area contributed by atoms with Crippen molar-refractivity contribution in [3.63, 3.8) is 0 Å². The third-order valence-corrected chi connectivity index (χ3v) is 3.75. The van der Waals surface area contributed by atoms with Crippen molar-refractivity contribution >= 4 is 5.69 Å². The molecule has 2 nitrogen and oxygen atoms in total. The number of rotatable bonds is 2. The third kappa shape index (κ3) is 3.42. The molecule has 6 heteroatoms. The Kier molecular flexibility index (Phi) is 4.52. The van der Waals surface area contributed by atoms with Gasteiger partial charge in [0, 0.05) is 13.1 Å². The quantitative estimate of drug-likeness (QED) is 0.840. The molecule has 1 aliphatic rings. The van der Waals surface area contributed by atoms with Gasteiger partial charge in [-0.3, -0.25) is 0 Å². The average molecular weight is 290 g/mol. The van der Waals surface area contributed by atoms with Crippen molar-refractivity contribution in [2.45, 2.75) is 31.5 Å². The summed E-state index contributed by atoms with van der Waals surface area (Å²) < 4.78 is 51.5. The predicted molar refractivity (Wildman–Crippen MR) is 70.3 cm³/mol. The Balaban J connectivity index is 2.19. The summed E-state index contributed by atoms with van der Waals surface area (Å²) in [5.74, 6) is -0.820. The number of halogens is 4. The van der Waals surface area contributed by atoms with Gasteiger partial charge < -0.3 is 10.2 Å². The van der Waals surface area contributed by atoms with Gasteiger partial charge in [0.15, 0.2) is 0 Å². The molecule has 1 aliphatic heterocycles. The van der Waals surface area contributed by atoms with Gasteiger partial charge in [-0.25, -0.2) is 4.39 Å². The van der Waals surface area contributed by atoms with Crippen LogP contribution in [0, 0.1) is 5.82 Å². The average Bonchev–Trinajstić information content (AvgIpc) is 2.65. The Morgan fingerprint density at radius 3 is 2.60 bits per heavy atom. The fraction of sp³-hybridized carbons (Fsp3) is 0.571. The molecular weight excluding hydrogens is 272 g/mol. The normalized spacial score (nSPS) is 20.6. The fourth-order valence-corrected chi connectivity index (χ4v) is 2.55. The van der Waals surface area contributed by atoms with Gasteiger partial charge in [0.25, 0.3) is 0 Å². The largest absolute Gasteiger partial charge is 0.416 e. The monoisotopic (exact) mass is 290 g/mol. The highest BCUT2D eigenvalue weighted by molar-refractivity contribution is 5.49. The second kappa shape index (κ2) is 5.99. The molecule has 1 aromatic rings. The van der Waals surface area contributed by atoms with E-state index >= 15 is 0 Å². The molecule has 0 saturated carbocycles. The number of anilines is 1. The van der Waals surface area contributed by atoms with Crippen LogP contribution in [-0.2, 0) is 6.18 Å². The van der Waals surface area contributed by atoms with E-state index in [9.17, 15) is 17.6 Å². The highest BCUT2D eigenvalue weighted by Gasteiger charge is 2.31. The standard InChI is InChI=1S/C14H18F4N2/c1-20(11-3-2-7-19-8-6-11)13-5-4-10(9-12(13)15)14(16,17)18/h4-5,9,11,19H,2-3,6-8H2,1H3. The van der Waals surface area contributed by atoms with E-state index in [1.54, 1.807) is 11.9 Å². The second-order valence-corrected chi connectivity index (χ2v) is 5.11. The summed E-state index contributed by atoms with van der Waals surface area (Å²) in [6, 6.07) is 2.87. The lowest BCUT2D eigenvalue weighted by atomic mass is 10.1. The molecule has 0 spiro atoms. The number of alkyl halides is 3. The van der Waals surface area contributed by atoms with Gasteiger partial charge in [0.05, 0.1) is 11.3 Å². The molecule has 2 rings (SSSR count). The molecule has 20 heavy (non-hydrogen) atoms. The van der Waals surface area contributed by atoms with Gasteiger partial charge in [-0.05, 0) is 50.6 Å². The van der Waals surface area contributed by atoms with Crippen molar-refractivity contribution in [3.8, 4) is 0 Å². The first-order valence-electron chi connectivity index (χ1n) is 6.70. The molecule has 0 radical (unpaired) electrons. The topological polar surface area (TPSA) is 15.3 Å². The summed E-state index contributed by atoms with van der Waals surface area (Å²) in [6.45, 7) is 1.77. The Morgan fingerprint density at radius 2 is 1.95 bits per heavy atom. The van der Waals surface area contributed by atoms with Crippen molar-refractivity contribution in [1.82, 2.24) is 5.32 Å². The maximum absolute atomic E-state index is 13.9. The van der Waals surface area contributed by atoms with Gasteiger partial charge >= 0.3 is 6.18 Å². The van der Waals surface area contributed by atoms with Gasteiger partial charge in [0.1, 0.15) is 5.82 Å². The molecule has 1 saturated heterocycles. The van der Waals surface area contributed by atoms with Crippen molar-refractivity contribution in [2.24, 2.45) is 0 Å². The van der Waals surface area contributed by atoms with E-state index in [4.69, 9.17) is 0 Å². The Hall–Kier alpha value is -1.30. The summed E-state index contributed by atoms with van der Waals surface area (Å²) >= 11 is 0. The molecule has 1 heterocycles. The van der Waals surface area contributed by atoms with Crippen LogP contribution in [0.3, 0.4) is 0 Å². The van der Waals surface area contributed by atoms with Crippen LogP contribution in [0.4, 0.5) is 23.2 Å². The zero-order valence-corrected chi connectivity index (χ0v) is 11.3. The molecule has 0 bridgehead atoms. The minimum Gasteiger partial charge on any atom is -0.369 e. The molecular formula is C14H18F4N2. The second-order valence-electron chi connectivity index (χ2n) is 5.11. The molecule has 1 atom stereocenters. The van der Waals surface area contributed by atoms with Crippen LogP contribution in [0.2, 0.25) is 0 Å². The molecule has 0 aromatic heterocycles. The summed E-state index contributed by atoms with van der Waals surface area (Å²) in [7, 11) is 1.74. The number of hydrogen-bond donors (Lipinski definition) is 1. The highest BCUT2D eigenvalue weighted by Crippen LogP contribution is 2.33. The molecule has 0 aliphatic carbocycles. The van der Waals surface area contributed by atoms with E-state index in [-0.39, 0.29) is 11.7 Å². The summed E-state index contributed by atoms with van der Waals surface area (Å²) in [6.07, 6.45) is -1.76. The number of nitrogens with one attached hydrogen (secondary N) is 1. The molecule has 1 fully saturated rings. The maximum Gasteiger partial charge on any atom is 0.416 e. The number of hydrogen-bond acceptors (Lipinski definition) is 2. The Labute approximate surface area is 115 Å². The summed E-state index contributed by atoms with van der Waals surface area (Å²) in [5, 5.41) is 3.26. The zero-order chi connectivity index (χ0) is 14.8. The Morgan fingerprint density at radius 1 is 1.20 bits per heavy atom. The van der Waals surface area contributed by atoms with Crippen LogP contribution < -0.4 is 10.2 Å². The lowest BCUT2D eigenvalue weighted by Crippen LogP contribution is -2.33. The number of nitrogens with zero attached hydrogens (tertiary/aromatic N) is 1. The highest BCUT2D eigenvalue weighted by atomic mass is 19.4. The summed E-state index contributed by atoms with van der Waals surface area (Å²) in [5.41, 5.74) is -0.723. The van der Waals surface area contributed by atoms with Crippen LogP contribution in [0.15, 0.2) is 18.2 Å². The first-order chi connectivity index (χ1) is 9.39. The molecule has 1 N–H and O–H groups in total. The van der Waals surface area contributed by atoms with Crippen LogP contribution in [0.1, 0.15) is 24.8 Å². The molecule has 112 valence electrons. The van der Waals surface area contributed by atoms with Gasteiger partial charge in [-0.1, -0.05) is 0 Å². The van der Waals surface area contributed by atoms with E-state index in [1.165, 1.54) is 6.07 Å². The minimum atomic E-state index is -4.51. The van der Waals surface area contributed by atoms with Crippen molar-refractivity contribution in [2.75, 3.05) is 25.0 Å². The predicted octanol–water partition coefficient (Wildman–Crippen LogP) is 3.42. The van der Waals surface area contributed by atoms with Gasteiger partial charge in [-0.2, -0.15) is 13.2 Å². The summed E-state index contributed by atoms with van der Waals surface area (Å²) in [4.78, 5) is 1.75. The van der Waals surface area contributed by atoms with Crippen molar-refractivity contribution in [3.05, 3.63) is 29.6 Å². The van der Waals surface area contributed by atoms with E-state index in [1.807, 2.05) is 0 Å². The molecule has 1 unspecified atom stereocenters. The van der Waals surface area contributed by atoms with Crippen molar-refractivity contribution < 1.29 is 17.6 Å². The van der Waals surface area contributed by atoms with E-state index in [2.05, 4.69) is 5.32 Å². The maximum atomic E-state index is 13.9. The van der Waals surface area contributed by atoms with Crippen LogP contribution >= 0.6 is 0 Å². The van der Waals surface area contributed by atoms with Gasteiger partial charge in [0.2, 0.25) is 0 Å². The van der Waals surface area contributed by atoms with Gasteiger partial charge in [-0.15, -0.1) is 0 Å². The first kappa shape index (κ1) is 15.1. The van der Waals surface area contributed by atoms with Crippen LogP contribution in [-0.4, -0.2) is 26.2 Å². The fourth-order valence-electron chi connectivity index (χ4n) is 2.55. The smallest absolute Gasteiger partial charge is 0.369 e. The molecule has 1 aromatic carbocycles. The zero-order valence-electron chi connectivity index (χ0n) is 11.3. The SMILES string of the molecule is CN(c1ccc(C(F)(F)F)cc1F)C1CCCNCC1. The van der Waals surface area contributed by atoms with E-state index < -0.39 is 17.6 Å². The minimum absolute atomic E-state index is 0.149. The molecule has 0 amide bonds. The van der Waals surface area contributed by atoms with Crippen LogP contribution in [0.5, 0.6) is 0 Å². The van der Waals surface area contributed by atoms with E-state index in [0.717, 1.165) is 38.4 Å². The number of benzene rings is 1. The van der Waals surface area contributed by atoms with Crippen LogP contribution in [0.25, 0.3) is 0 Å². The van der Waals surface area contributed by atoms with Crippen molar-refractivity contribution in [1.29, 1.82) is 0 Å². The van der Waals surface area contributed by atoms with E-state index in [0.29, 0.717) is 6.07 Å². The lowest BCUT2D eigenvalue weighted by Gasteiger charge is -2.29. The first-order valence-corrected chi connectivity index (χ1v) is 6.70.